The minimum atomic E-state index is -2.72. The highest BCUT2D eigenvalue weighted by Gasteiger charge is 2.38. The number of hydrogen-bond acceptors (Lipinski definition) is 3. The number of sulfone groups is 1. The van der Waals surface area contributed by atoms with E-state index in [0.29, 0.717) is 23.5 Å². The van der Waals surface area contributed by atoms with E-state index in [1.165, 1.54) is 19.3 Å². The third-order valence-corrected chi connectivity index (χ3v) is 5.86. The fourth-order valence-electron chi connectivity index (χ4n) is 2.94. The molecule has 4 heteroatoms. The molecule has 1 N–H and O–H groups in total. The van der Waals surface area contributed by atoms with Crippen LogP contribution in [0.3, 0.4) is 0 Å². The van der Waals surface area contributed by atoms with Crippen molar-refractivity contribution < 1.29 is 8.42 Å². The zero-order chi connectivity index (χ0) is 11.6. The molecular weight excluding hydrogens is 222 g/mol. The Balaban J connectivity index is 1.95. The first-order valence-electron chi connectivity index (χ1n) is 6.56. The zero-order valence-corrected chi connectivity index (χ0v) is 10.9. The monoisotopic (exact) mass is 245 g/mol. The molecule has 2 atom stereocenters. The molecule has 2 rings (SSSR count). The molecule has 16 heavy (non-hydrogen) atoms. The Morgan fingerprint density at radius 3 is 2.44 bits per heavy atom. The van der Waals surface area contributed by atoms with Gasteiger partial charge in [-0.15, -0.1) is 0 Å². The molecule has 94 valence electrons. The minimum Gasteiger partial charge on any atom is -0.313 e. The summed E-state index contributed by atoms with van der Waals surface area (Å²) in [6.07, 6.45) is 5.91. The number of hydrogen-bond donors (Lipinski definition) is 1. The lowest BCUT2D eigenvalue weighted by atomic mass is 9.74. The van der Waals surface area contributed by atoms with E-state index in [1.54, 1.807) is 0 Å². The van der Waals surface area contributed by atoms with Crippen molar-refractivity contribution in [3.05, 3.63) is 0 Å². The Morgan fingerprint density at radius 1 is 1.25 bits per heavy atom. The lowest BCUT2D eigenvalue weighted by molar-refractivity contribution is 0.183. The molecule has 2 fully saturated rings. The SMILES string of the molecule is CCCNC(C1CCC1)C1CCS(=O)(=O)C1. The van der Waals surface area contributed by atoms with Crippen molar-refractivity contribution in [3.8, 4) is 0 Å². The van der Waals surface area contributed by atoms with Crippen LogP contribution >= 0.6 is 0 Å². The molecule has 1 saturated heterocycles. The molecular formula is C12H23NO2S. The maximum atomic E-state index is 11.5. The van der Waals surface area contributed by atoms with Gasteiger partial charge in [0.15, 0.2) is 9.84 Å². The molecule has 0 radical (unpaired) electrons. The smallest absolute Gasteiger partial charge is 0.150 e. The molecule has 0 amide bonds. The molecule has 1 saturated carbocycles. The molecule has 1 aliphatic carbocycles. The topological polar surface area (TPSA) is 46.2 Å². The highest BCUT2D eigenvalue weighted by molar-refractivity contribution is 7.91. The lowest BCUT2D eigenvalue weighted by Crippen LogP contribution is -2.45. The Labute approximate surface area is 98.9 Å². The number of rotatable bonds is 5. The summed E-state index contributed by atoms with van der Waals surface area (Å²) in [5.74, 6) is 1.95. The van der Waals surface area contributed by atoms with Crippen LogP contribution in [0.15, 0.2) is 0 Å². The van der Waals surface area contributed by atoms with Crippen molar-refractivity contribution in [1.82, 2.24) is 5.32 Å². The summed E-state index contributed by atoms with van der Waals surface area (Å²) >= 11 is 0. The van der Waals surface area contributed by atoms with Gasteiger partial charge in [-0.25, -0.2) is 8.42 Å². The summed E-state index contributed by atoms with van der Waals surface area (Å²) in [6.45, 7) is 3.19. The van der Waals surface area contributed by atoms with Gasteiger partial charge in [0.2, 0.25) is 0 Å². The third-order valence-electron chi connectivity index (χ3n) is 4.06. The zero-order valence-electron chi connectivity index (χ0n) is 10.1. The van der Waals surface area contributed by atoms with Crippen LogP contribution in [-0.4, -0.2) is 32.5 Å². The standard InChI is InChI=1S/C12H23NO2S/c1-2-7-13-12(10-4-3-5-10)11-6-8-16(14,15)9-11/h10-13H,2-9H2,1H3. The van der Waals surface area contributed by atoms with Gasteiger partial charge in [0.1, 0.15) is 0 Å². The second kappa shape index (κ2) is 5.05. The van der Waals surface area contributed by atoms with E-state index in [1.807, 2.05) is 0 Å². The van der Waals surface area contributed by atoms with E-state index in [-0.39, 0.29) is 0 Å². The van der Waals surface area contributed by atoms with Crippen LogP contribution in [0.4, 0.5) is 0 Å². The van der Waals surface area contributed by atoms with Gasteiger partial charge in [-0.05, 0) is 44.1 Å². The second-order valence-corrected chi connectivity index (χ2v) is 7.56. The van der Waals surface area contributed by atoms with Gasteiger partial charge in [-0.1, -0.05) is 13.3 Å². The molecule has 0 aromatic rings. The quantitative estimate of drug-likeness (QED) is 0.800. The molecule has 1 heterocycles. The van der Waals surface area contributed by atoms with Crippen LogP contribution in [-0.2, 0) is 9.84 Å². The van der Waals surface area contributed by atoms with Crippen molar-refractivity contribution in [1.29, 1.82) is 0 Å². The van der Waals surface area contributed by atoms with Gasteiger partial charge in [0.05, 0.1) is 11.5 Å². The molecule has 0 bridgehead atoms. The maximum absolute atomic E-state index is 11.5. The van der Waals surface area contributed by atoms with Crippen LogP contribution in [0.5, 0.6) is 0 Å². The fraction of sp³-hybridized carbons (Fsp3) is 1.00. The Hall–Kier alpha value is -0.0900. The van der Waals surface area contributed by atoms with E-state index >= 15 is 0 Å². The van der Waals surface area contributed by atoms with Gasteiger partial charge in [-0.3, -0.25) is 0 Å². The van der Waals surface area contributed by atoms with E-state index in [2.05, 4.69) is 12.2 Å². The summed E-state index contributed by atoms with van der Waals surface area (Å²) in [5.41, 5.74) is 0. The van der Waals surface area contributed by atoms with Crippen LogP contribution in [0.2, 0.25) is 0 Å². The van der Waals surface area contributed by atoms with Crippen molar-refractivity contribution in [2.75, 3.05) is 18.1 Å². The summed E-state index contributed by atoms with van der Waals surface area (Å²) in [4.78, 5) is 0. The van der Waals surface area contributed by atoms with Gasteiger partial charge in [0.25, 0.3) is 0 Å². The molecule has 2 unspecified atom stereocenters. The van der Waals surface area contributed by atoms with Gasteiger partial charge in [-0.2, -0.15) is 0 Å². The highest BCUT2D eigenvalue weighted by Crippen LogP contribution is 2.36. The molecule has 1 aliphatic heterocycles. The first kappa shape index (κ1) is 12.4. The van der Waals surface area contributed by atoms with Gasteiger partial charge < -0.3 is 5.32 Å². The Bertz CT molecular complexity index is 322. The predicted octanol–water partition coefficient (Wildman–Crippen LogP) is 1.59. The van der Waals surface area contributed by atoms with Crippen LogP contribution < -0.4 is 5.32 Å². The van der Waals surface area contributed by atoms with Crippen LogP contribution in [0.25, 0.3) is 0 Å². The highest BCUT2D eigenvalue weighted by atomic mass is 32.2. The Kier molecular flexibility index (Phi) is 3.90. The first-order valence-corrected chi connectivity index (χ1v) is 8.38. The summed E-state index contributed by atoms with van der Waals surface area (Å²) in [5, 5.41) is 3.59. The normalized spacial score (nSPS) is 31.2. The molecule has 3 nitrogen and oxygen atoms in total. The van der Waals surface area contributed by atoms with Crippen molar-refractivity contribution in [2.24, 2.45) is 11.8 Å². The summed E-state index contributed by atoms with van der Waals surface area (Å²) < 4.78 is 23.0. The van der Waals surface area contributed by atoms with Crippen LogP contribution in [0.1, 0.15) is 39.0 Å². The average molecular weight is 245 g/mol. The minimum absolute atomic E-state index is 0.377. The lowest BCUT2D eigenvalue weighted by Gasteiger charge is -2.37. The van der Waals surface area contributed by atoms with Crippen LogP contribution in [0, 0.1) is 11.8 Å². The van der Waals surface area contributed by atoms with E-state index in [0.717, 1.165) is 25.3 Å². The molecule has 0 spiro atoms. The van der Waals surface area contributed by atoms with Gasteiger partial charge in [0, 0.05) is 6.04 Å². The van der Waals surface area contributed by atoms with Crippen molar-refractivity contribution >= 4 is 9.84 Å². The predicted molar refractivity (Wildman–Crippen MR) is 66.2 cm³/mol. The van der Waals surface area contributed by atoms with E-state index < -0.39 is 9.84 Å². The Morgan fingerprint density at radius 2 is 2.00 bits per heavy atom. The fourth-order valence-corrected chi connectivity index (χ4v) is 4.79. The summed E-state index contributed by atoms with van der Waals surface area (Å²) in [6, 6.07) is 0.464. The molecule has 0 aromatic heterocycles. The molecule has 2 aliphatic rings. The van der Waals surface area contributed by atoms with E-state index in [4.69, 9.17) is 0 Å². The van der Waals surface area contributed by atoms with Gasteiger partial charge >= 0.3 is 0 Å². The third kappa shape index (κ3) is 2.77. The maximum Gasteiger partial charge on any atom is 0.150 e. The van der Waals surface area contributed by atoms with Crippen molar-refractivity contribution in [3.63, 3.8) is 0 Å². The summed E-state index contributed by atoms with van der Waals surface area (Å²) in [7, 11) is -2.72. The number of nitrogens with one attached hydrogen (secondary N) is 1. The second-order valence-electron chi connectivity index (χ2n) is 5.33. The molecule has 0 aromatic carbocycles. The van der Waals surface area contributed by atoms with E-state index in [9.17, 15) is 8.42 Å². The first-order chi connectivity index (χ1) is 7.62. The average Bonchev–Trinajstić information content (AvgIpc) is 2.50. The largest absolute Gasteiger partial charge is 0.313 e. The van der Waals surface area contributed by atoms with Crippen molar-refractivity contribution in [2.45, 2.75) is 45.1 Å².